The molecule has 5 nitrogen and oxygen atoms in total. The van der Waals surface area contributed by atoms with Crippen LogP contribution in [-0.4, -0.2) is 20.4 Å². The van der Waals surface area contributed by atoms with Gasteiger partial charge in [0.15, 0.2) is 0 Å². The fraction of sp³-hybridized carbons (Fsp3) is 0.174. The minimum absolute atomic E-state index is 0.0421. The Morgan fingerprint density at radius 3 is 1.80 bits per heavy atom. The minimum Gasteiger partial charge on any atom is -0.341 e. The number of sulfonamides is 1. The van der Waals surface area contributed by atoms with Crippen LogP contribution in [0.2, 0.25) is 5.02 Å². The van der Waals surface area contributed by atoms with Crippen LogP contribution in [0.1, 0.15) is 25.0 Å². The van der Waals surface area contributed by atoms with Gasteiger partial charge in [-0.3, -0.25) is 4.79 Å². The number of nitrogens with one attached hydrogen (secondary N) is 2. The Kier molecular flexibility index (Phi) is 6.61. The molecule has 0 bridgehead atoms. The summed E-state index contributed by atoms with van der Waals surface area (Å²) in [6.07, 6.45) is 0. The fourth-order valence-electron chi connectivity index (χ4n) is 3.18. The molecule has 156 valence electrons. The Balaban J connectivity index is 1.85. The van der Waals surface area contributed by atoms with Crippen molar-refractivity contribution in [2.24, 2.45) is 0 Å². The molecule has 0 unspecified atom stereocenters. The largest absolute Gasteiger partial charge is 0.341 e. The van der Waals surface area contributed by atoms with Crippen molar-refractivity contribution in [3.63, 3.8) is 0 Å². The fourth-order valence-corrected chi connectivity index (χ4v) is 4.51. The summed E-state index contributed by atoms with van der Waals surface area (Å²) in [6, 6.07) is 23.9. The van der Waals surface area contributed by atoms with E-state index >= 15 is 0 Å². The maximum absolute atomic E-state index is 13.0. The van der Waals surface area contributed by atoms with Gasteiger partial charge in [0.25, 0.3) is 0 Å². The molecule has 0 aliphatic carbocycles. The summed E-state index contributed by atoms with van der Waals surface area (Å²) >= 11 is 5.83. The first-order valence-corrected chi connectivity index (χ1v) is 11.3. The molecule has 0 aromatic heterocycles. The zero-order valence-corrected chi connectivity index (χ0v) is 18.2. The Morgan fingerprint density at radius 1 is 0.867 bits per heavy atom. The quantitative estimate of drug-likeness (QED) is 0.578. The van der Waals surface area contributed by atoms with Gasteiger partial charge in [-0.05, 0) is 49.2 Å². The predicted molar refractivity (Wildman–Crippen MR) is 119 cm³/mol. The zero-order chi connectivity index (χ0) is 21.8. The van der Waals surface area contributed by atoms with E-state index in [0.29, 0.717) is 5.02 Å². The van der Waals surface area contributed by atoms with Crippen LogP contribution in [0.25, 0.3) is 0 Å². The molecule has 3 aromatic rings. The highest BCUT2D eigenvalue weighted by Gasteiger charge is 2.33. The first-order valence-electron chi connectivity index (χ1n) is 9.43. The third kappa shape index (κ3) is 4.90. The summed E-state index contributed by atoms with van der Waals surface area (Å²) in [5.74, 6) is -0.442. The van der Waals surface area contributed by atoms with Crippen molar-refractivity contribution >= 4 is 27.5 Å². The van der Waals surface area contributed by atoms with Gasteiger partial charge in [0, 0.05) is 5.02 Å². The summed E-state index contributed by atoms with van der Waals surface area (Å²) in [7, 11) is -3.88. The molecule has 30 heavy (non-hydrogen) atoms. The van der Waals surface area contributed by atoms with Crippen LogP contribution in [0.15, 0.2) is 89.8 Å². The predicted octanol–water partition coefficient (Wildman–Crippen LogP) is 4.09. The van der Waals surface area contributed by atoms with Gasteiger partial charge in [-0.15, -0.1) is 0 Å². The van der Waals surface area contributed by atoms with E-state index in [0.717, 1.165) is 11.1 Å². The van der Waals surface area contributed by atoms with Gasteiger partial charge in [-0.1, -0.05) is 72.3 Å². The molecule has 2 N–H and O–H groups in total. The van der Waals surface area contributed by atoms with E-state index in [1.54, 1.807) is 0 Å². The third-order valence-electron chi connectivity index (χ3n) is 4.92. The molecular formula is C23H23ClN2O3S. The molecule has 1 atom stereocenters. The average molecular weight is 443 g/mol. The van der Waals surface area contributed by atoms with Gasteiger partial charge in [0.1, 0.15) is 0 Å². The number of carbonyl (C=O) groups excluding carboxylic acids is 1. The number of carbonyl (C=O) groups is 1. The van der Waals surface area contributed by atoms with Crippen LogP contribution in [-0.2, 0) is 20.4 Å². The molecule has 0 heterocycles. The van der Waals surface area contributed by atoms with Crippen LogP contribution in [0.3, 0.4) is 0 Å². The van der Waals surface area contributed by atoms with Gasteiger partial charge in [0.2, 0.25) is 15.9 Å². The Hall–Kier alpha value is -2.67. The van der Waals surface area contributed by atoms with Crippen molar-refractivity contribution in [1.29, 1.82) is 0 Å². The molecule has 3 aromatic carbocycles. The third-order valence-corrected chi connectivity index (χ3v) is 6.73. The van der Waals surface area contributed by atoms with Crippen molar-refractivity contribution in [3.05, 3.63) is 101 Å². The van der Waals surface area contributed by atoms with E-state index in [4.69, 9.17) is 11.6 Å². The molecule has 1 amide bonds. The van der Waals surface area contributed by atoms with Crippen molar-refractivity contribution in [2.45, 2.75) is 30.3 Å². The maximum atomic E-state index is 13.0. The van der Waals surface area contributed by atoms with Crippen LogP contribution in [0.4, 0.5) is 0 Å². The number of hydrogen-bond acceptors (Lipinski definition) is 3. The lowest BCUT2D eigenvalue weighted by Gasteiger charge is -2.33. The molecule has 0 saturated heterocycles. The molecule has 0 aliphatic heterocycles. The lowest BCUT2D eigenvalue weighted by Crippen LogP contribution is -2.52. The summed E-state index contributed by atoms with van der Waals surface area (Å²) < 4.78 is 27.7. The molecule has 3 rings (SSSR count). The minimum atomic E-state index is -3.88. The molecule has 0 spiro atoms. The van der Waals surface area contributed by atoms with Crippen molar-refractivity contribution < 1.29 is 13.2 Å². The smallest absolute Gasteiger partial charge is 0.241 e. The van der Waals surface area contributed by atoms with Gasteiger partial charge in [0.05, 0.1) is 16.5 Å². The van der Waals surface area contributed by atoms with E-state index in [1.165, 1.54) is 31.2 Å². The van der Waals surface area contributed by atoms with E-state index in [9.17, 15) is 13.2 Å². The highest BCUT2D eigenvalue weighted by atomic mass is 35.5. The van der Waals surface area contributed by atoms with Gasteiger partial charge >= 0.3 is 0 Å². The Morgan fingerprint density at radius 2 is 1.33 bits per heavy atom. The molecule has 0 fully saturated rings. The second-order valence-electron chi connectivity index (χ2n) is 7.14. The first-order chi connectivity index (χ1) is 14.2. The molecule has 0 aliphatic rings. The molecule has 0 radical (unpaired) electrons. The number of rotatable bonds is 7. The lowest BCUT2D eigenvalue weighted by molar-refractivity contribution is -0.123. The number of halogens is 1. The number of amides is 1. The second kappa shape index (κ2) is 9.00. The van der Waals surface area contributed by atoms with Crippen LogP contribution < -0.4 is 10.0 Å². The summed E-state index contributed by atoms with van der Waals surface area (Å²) in [5, 5.41) is 3.45. The van der Waals surface area contributed by atoms with Gasteiger partial charge in [-0.25, -0.2) is 8.42 Å². The van der Waals surface area contributed by atoms with Crippen molar-refractivity contribution in [1.82, 2.24) is 10.0 Å². The van der Waals surface area contributed by atoms with E-state index in [-0.39, 0.29) is 4.90 Å². The van der Waals surface area contributed by atoms with Gasteiger partial charge < -0.3 is 5.32 Å². The maximum Gasteiger partial charge on any atom is 0.241 e. The zero-order valence-electron chi connectivity index (χ0n) is 16.7. The van der Waals surface area contributed by atoms with Crippen LogP contribution in [0.5, 0.6) is 0 Å². The lowest BCUT2D eigenvalue weighted by atomic mass is 9.84. The van der Waals surface area contributed by atoms with Crippen molar-refractivity contribution in [2.75, 3.05) is 0 Å². The van der Waals surface area contributed by atoms with E-state index in [1.807, 2.05) is 67.6 Å². The number of hydrogen-bond donors (Lipinski definition) is 2. The topological polar surface area (TPSA) is 75.3 Å². The summed E-state index contributed by atoms with van der Waals surface area (Å²) in [6.45, 7) is 3.41. The average Bonchev–Trinajstić information content (AvgIpc) is 2.75. The normalized spacial score (nSPS) is 12.9. The van der Waals surface area contributed by atoms with E-state index in [2.05, 4.69) is 10.0 Å². The summed E-state index contributed by atoms with van der Waals surface area (Å²) in [5.41, 5.74) is 0.939. The standard InChI is InChI=1S/C23H23ClN2O3S/c1-17(26-30(28,29)21-15-13-20(24)14-16-21)22(27)25-23(2,18-9-5-3-6-10-18)19-11-7-4-8-12-19/h3-17,26H,1-2H3,(H,25,27)/t17-/m0/s1. The van der Waals surface area contributed by atoms with Crippen LogP contribution >= 0.6 is 11.6 Å². The monoisotopic (exact) mass is 442 g/mol. The van der Waals surface area contributed by atoms with E-state index < -0.39 is 27.5 Å². The Bertz CT molecular complexity index is 1060. The summed E-state index contributed by atoms with van der Waals surface area (Å²) in [4.78, 5) is 13.1. The Labute approximate surface area is 182 Å². The highest BCUT2D eigenvalue weighted by Crippen LogP contribution is 2.29. The number of benzene rings is 3. The van der Waals surface area contributed by atoms with Gasteiger partial charge in [-0.2, -0.15) is 4.72 Å². The highest BCUT2D eigenvalue weighted by molar-refractivity contribution is 7.89. The SMILES string of the molecule is C[C@H](NS(=O)(=O)c1ccc(Cl)cc1)C(=O)NC(C)(c1ccccc1)c1ccccc1. The second-order valence-corrected chi connectivity index (χ2v) is 9.29. The first kappa shape index (κ1) is 22.0. The molecule has 0 saturated carbocycles. The van der Waals surface area contributed by atoms with Crippen LogP contribution in [0, 0.1) is 0 Å². The molecule has 7 heteroatoms. The van der Waals surface area contributed by atoms with Crippen molar-refractivity contribution in [3.8, 4) is 0 Å². The molecular weight excluding hydrogens is 420 g/mol.